The highest BCUT2D eigenvalue weighted by Gasteiger charge is 2.36. The Morgan fingerprint density at radius 3 is 2.64 bits per heavy atom. The molecule has 0 fully saturated rings. The minimum atomic E-state index is -1.30. The van der Waals surface area contributed by atoms with Crippen molar-refractivity contribution in [2.75, 3.05) is 20.8 Å². The summed E-state index contributed by atoms with van der Waals surface area (Å²) >= 11 is 0. The highest BCUT2D eigenvalue weighted by Crippen LogP contribution is 2.31. The third-order valence-electron chi connectivity index (χ3n) is 3.87. The van der Waals surface area contributed by atoms with E-state index in [0.29, 0.717) is 17.1 Å². The molecule has 0 aromatic heterocycles. The Morgan fingerprint density at radius 2 is 2.05 bits per heavy atom. The van der Waals surface area contributed by atoms with Gasteiger partial charge >= 0.3 is 5.97 Å². The summed E-state index contributed by atoms with van der Waals surface area (Å²) in [5.41, 5.74) is -0.167. The Labute approximate surface area is 128 Å². The highest BCUT2D eigenvalue weighted by molar-refractivity contribution is 6.01. The van der Waals surface area contributed by atoms with Crippen LogP contribution in [0.4, 0.5) is 0 Å². The lowest BCUT2D eigenvalue weighted by molar-refractivity contribution is -0.154. The summed E-state index contributed by atoms with van der Waals surface area (Å²) < 4.78 is 10.7. The molecular weight excluding hydrogens is 286 g/mol. The average molecular weight is 305 g/mol. The first kappa shape index (κ1) is 15.9. The fourth-order valence-corrected chi connectivity index (χ4v) is 2.02. The van der Waals surface area contributed by atoms with Crippen molar-refractivity contribution in [3.05, 3.63) is 29.3 Å². The molecule has 6 nitrogen and oxygen atoms in total. The number of carboxylic acid groups (broad SMARTS) is 1. The van der Waals surface area contributed by atoms with E-state index in [1.165, 1.54) is 25.8 Å². The summed E-state index contributed by atoms with van der Waals surface area (Å²) in [7, 11) is 3.03. The molecule has 1 aliphatic rings. The highest BCUT2D eigenvalue weighted by atomic mass is 16.5. The van der Waals surface area contributed by atoms with E-state index in [4.69, 9.17) is 9.47 Å². The van der Waals surface area contributed by atoms with Crippen LogP contribution in [-0.4, -0.2) is 48.2 Å². The molecule has 1 aliphatic heterocycles. The first-order chi connectivity index (χ1) is 10.3. The van der Waals surface area contributed by atoms with E-state index < -0.39 is 11.5 Å². The van der Waals surface area contributed by atoms with Gasteiger partial charge in [0.25, 0.3) is 5.91 Å². The zero-order chi connectivity index (χ0) is 16.5. The van der Waals surface area contributed by atoms with Crippen molar-refractivity contribution in [3.63, 3.8) is 0 Å². The van der Waals surface area contributed by atoms with Crippen LogP contribution in [0.5, 0.6) is 11.5 Å². The van der Waals surface area contributed by atoms with Gasteiger partial charge in [-0.2, -0.15) is 0 Å². The molecule has 0 aliphatic carbocycles. The monoisotopic (exact) mass is 305 g/mol. The van der Waals surface area contributed by atoms with E-state index >= 15 is 0 Å². The number of ether oxygens (including phenoxy) is 2. The quantitative estimate of drug-likeness (QED) is 0.918. The Bertz CT molecular complexity index is 648. The second-order valence-electron chi connectivity index (χ2n) is 5.59. The number of methoxy groups -OCH3 is 1. The molecule has 1 N–H and O–H groups in total. The summed E-state index contributed by atoms with van der Waals surface area (Å²) in [5, 5.41) is 9.22. The lowest BCUT2D eigenvalue weighted by Gasteiger charge is -2.33. The topological polar surface area (TPSA) is 76.1 Å². The van der Waals surface area contributed by atoms with E-state index in [-0.39, 0.29) is 12.5 Å². The Hall–Kier alpha value is -2.50. The number of nitrogens with zero attached hydrogens (tertiary/aromatic N) is 1. The van der Waals surface area contributed by atoms with Gasteiger partial charge in [0, 0.05) is 12.6 Å². The van der Waals surface area contributed by atoms with Gasteiger partial charge in [-0.3, -0.25) is 4.79 Å². The molecule has 1 aromatic carbocycles. The first-order valence-corrected chi connectivity index (χ1v) is 6.80. The van der Waals surface area contributed by atoms with Crippen LogP contribution < -0.4 is 9.47 Å². The number of likely N-dealkylation sites (N-methyl/N-ethyl adjacent to an activating group) is 1. The third-order valence-corrected chi connectivity index (χ3v) is 3.87. The van der Waals surface area contributed by atoms with Crippen molar-refractivity contribution < 1.29 is 24.2 Å². The van der Waals surface area contributed by atoms with Crippen LogP contribution in [0.2, 0.25) is 0 Å². The van der Waals surface area contributed by atoms with Crippen molar-refractivity contribution >= 4 is 18.0 Å². The number of aliphatic carboxylic acids is 1. The van der Waals surface area contributed by atoms with E-state index in [1.807, 2.05) is 0 Å². The molecule has 1 aromatic rings. The summed E-state index contributed by atoms with van der Waals surface area (Å²) in [4.78, 5) is 25.0. The lowest BCUT2D eigenvalue weighted by atomic mass is 10.0. The van der Waals surface area contributed by atoms with Crippen LogP contribution in [0, 0.1) is 0 Å². The molecule has 0 unspecified atom stereocenters. The average Bonchev–Trinajstić information content (AvgIpc) is 2.51. The molecule has 22 heavy (non-hydrogen) atoms. The third kappa shape index (κ3) is 2.77. The number of carboxylic acids is 1. The number of carbonyl (C=O) groups is 2. The number of amides is 1. The fourth-order valence-electron chi connectivity index (χ4n) is 2.02. The standard InChI is InChI=1S/C16H19NO5/c1-16(2,15(19)20)17(3)14(18)11-7-10-8-12(21-4)5-6-13(10)22-9-11/h5-8H,9H2,1-4H3,(H,19,20). The molecule has 118 valence electrons. The van der Waals surface area contributed by atoms with E-state index in [9.17, 15) is 14.7 Å². The molecule has 0 atom stereocenters. The largest absolute Gasteiger partial charge is 0.497 e. The lowest BCUT2D eigenvalue weighted by Crippen LogP contribution is -2.51. The number of rotatable bonds is 4. The Kier molecular flexibility index (Phi) is 4.12. The summed E-state index contributed by atoms with van der Waals surface area (Å²) in [6.07, 6.45) is 1.71. The van der Waals surface area contributed by atoms with Gasteiger partial charge in [-0.25, -0.2) is 4.79 Å². The first-order valence-electron chi connectivity index (χ1n) is 6.80. The molecule has 0 radical (unpaired) electrons. The second kappa shape index (κ2) is 5.71. The molecule has 1 heterocycles. The van der Waals surface area contributed by atoms with Gasteiger partial charge in [-0.05, 0) is 38.1 Å². The van der Waals surface area contributed by atoms with Crippen LogP contribution in [0.25, 0.3) is 6.08 Å². The molecular formula is C16H19NO5. The van der Waals surface area contributed by atoms with Gasteiger partial charge in [0.15, 0.2) is 0 Å². The van der Waals surface area contributed by atoms with Crippen molar-refractivity contribution in [2.45, 2.75) is 19.4 Å². The summed E-state index contributed by atoms with van der Waals surface area (Å²) in [5.74, 6) is -0.118. The normalized spacial score (nSPS) is 13.5. The van der Waals surface area contributed by atoms with Crippen LogP contribution in [0.15, 0.2) is 23.8 Å². The minimum absolute atomic E-state index is 0.109. The molecule has 0 spiro atoms. The maximum atomic E-state index is 12.5. The number of fused-ring (bicyclic) bond motifs is 1. The van der Waals surface area contributed by atoms with Gasteiger partial charge < -0.3 is 19.5 Å². The van der Waals surface area contributed by atoms with E-state index in [1.54, 1.807) is 31.4 Å². The van der Waals surface area contributed by atoms with Crippen LogP contribution in [0.1, 0.15) is 19.4 Å². The second-order valence-corrected chi connectivity index (χ2v) is 5.59. The van der Waals surface area contributed by atoms with Crippen molar-refractivity contribution in [1.82, 2.24) is 4.90 Å². The number of hydrogen-bond acceptors (Lipinski definition) is 4. The molecule has 0 saturated carbocycles. The van der Waals surface area contributed by atoms with Gasteiger partial charge in [0.2, 0.25) is 0 Å². The van der Waals surface area contributed by atoms with E-state index in [0.717, 1.165) is 5.56 Å². The Morgan fingerprint density at radius 1 is 1.36 bits per heavy atom. The van der Waals surface area contributed by atoms with Gasteiger partial charge in [0.1, 0.15) is 23.6 Å². The molecule has 6 heteroatoms. The number of hydrogen-bond donors (Lipinski definition) is 1. The number of carbonyl (C=O) groups excluding carboxylic acids is 1. The molecule has 0 saturated heterocycles. The van der Waals surface area contributed by atoms with Crippen LogP contribution in [0.3, 0.4) is 0 Å². The van der Waals surface area contributed by atoms with E-state index in [2.05, 4.69) is 0 Å². The zero-order valence-electron chi connectivity index (χ0n) is 13.0. The van der Waals surface area contributed by atoms with Gasteiger partial charge in [-0.1, -0.05) is 0 Å². The maximum absolute atomic E-state index is 12.5. The minimum Gasteiger partial charge on any atom is -0.497 e. The fraction of sp³-hybridized carbons (Fsp3) is 0.375. The van der Waals surface area contributed by atoms with Gasteiger partial charge in [0.05, 0.1) is 12.7 Å². The van der Waals surface area contributed by atoms with Crippen LogP contribution in [-0.2, 0) is 9.59 Å². The molecule has 1 amide bonds. The summed E-state index contributed by atoms with van der Waals surface area (Å²) in [6, 6.07) is 5.32. The van der Waals surface area contributed by atoms with Crippen molar-refractivity contribution in [1.29, 1.82) is 0 Å². The van der Waals surface area contributed by atoms with Crippen molar-refractivity contribution in [3.8, 4) is 11.5 Å². The van der Waals surface area contributed by atoms with Gasteiger partial charge in [-0.15, -0.1) is 0 Å². The smallest absolute Gasteiger partial charge is 0.329 e. The molecule has 0 bridgehead atoms. The Balaban J connectivity index is 2.31. The maximum Gasteiger partial charge on any atom is 0.329 e. The predicted molar refractivity (Wildman–Crippen MR) is 81.0 cm³/mol. The predicted octanol–water partition coefficient (Wildman–Crippen LogP) is 1.79. The number of benzene rings is 1. The van der Waals surface area contributed by atoms with Crippen LogP contribution >= 0.6 is 0 Å². The SMILES string of the molecule is COc1ccc2c(c1)C=C(C(=O)N(C)C(C)(C)C(=O)O)CO2. The zero-order valence-corrected chi connectivity index (χ0v) is 13.0. The van der Waals surface area contributed by atoms with Crippen molar-refractivity contribution in [2.24, 2.45) is 0 Å². The summed E-state index contributed by atoms with van der Waals surface area (Å²) in [6.45, 7) is 3.07. The molecule has 2 rings (SSSR count).